The summed E-state index contributed by atoms with van der Waals surface area (Å²) in [7, 11) is 0. The summed E-state index contributed by atoms with van der Waals surface area (Å²) in [6.07, 6.45) is 0.120. The second-order valence-corrected chi connectivity index (χ2v) is 12.4. The third-order valence-corrected chi connectivity index (χ3v) is 10.1. The highest BCUT2D eigenvalue weighted by Crippen LogP contribution is 2.69. The first-order chi connectivity index (χ1) is 19.8. The Morgan fingerprint density at radius 2 is 1.22 bits per heavy atom. The predicted octanol–water partition coefficient (Wildman–Crippen LogP) is 6.48. The van der Waals surface area contributed by atoms with Gasteiger partial charge >= 0.3 is 0 Å². The number of carbonyl (C=O) groups is 3. The van der Waals surface area contributed by atoms with E-state index in [-0.39, 0.29) is 6.42 Å². The fourth-order valence-corrected chi connectivity index (χ4v) is 8.21. The molecule has 0 spiro atoms. The molecule has 204 valence electrons. The van der Waals surface area contributed by atoms with Crippen LogP contribution in [0.25, 0.3) is 0 Å². The Morgan fingerprint density at radius 1 is 0.732 bits per heavy atom. The first kappa shape index (κ1) is 26.3. The molecule has 1 aliphatic heterocycles. The van der Waals surface area contributed by atoms with Gasteiger partial charge in [-0.3, -0.25) is 19.3 Å². The van der Waals surface area contributed by atoms with Crippen LogP contribution in [-0.2, 0) is 30.6 Å². The lowest BCUT2D eigenvalue weighted by Crippen LogP contribution is -2.57. The fraction of sp³-hybridized carbons (Fsp3) is 0.182. The lowest BCUT2D eigenvalue weighted by Gasteiger charge is -2.54. The molecule has 0 aromatic heterocycles. The summed E-state index contributed by atoms with van der Waals surface area (Å²) in [4.78, 5) is 41.4. The Kier molecular flexibility index (Phi) is 6.06. The Hall–Kier alpha value is -3.64. The number of anilines is 1. The van der Waals surface area contributed by atoms with Gasteiger partial charge in [-0.1, -0.05) is 96.5 Å². The van der Waals surface area contributed by atoms with Crippen molar-refractivity contribution in [1.82, 2.24) is 4.90 Å². The molecule has 3 amide bonds. The van der Waals surface area contributed by atoms with Crippen molar-refractivity contribution in [2.45, 2.75) is 22.2 Å². The van der Waals surface area contributed by atoms with Crippen LogP contribution in [0.4, 0.5) is 5.69 Å². The number of alkyl halides is 2. The van der Waals surface area contributed by atoms with Crippen LogP contribution in [0.1, 0.15) is 27.8 Å². The molecule has 4 aromatic rings. The second kappa shape index (κ2) is 9.45. The topological polar surface area (TPSA) is 66.5 Å². The van der Waals surface area contributed by atoms with Gasteiger partial charge in [0.2, 0.25) is 17.7 Å². The number of amides is 3. The predicted molar refractivity (Wildman–Crippen MR) is 159 cm³/mol. The molecule has 0 radical (unpaired) electrons. The Labute approximate surface area is 252 Å². The van der Waals surface area contributed by atoms with Gasteiger partial charge < -0.3 is 5.32 Å². The molecule has 8 heteroatoms. The number of hydrogen-bond donors (Lipinski definition) is 1. The molecule has 0 saturated carbocycles. The van der Waals surface area contributed by atoms with Crippen LogP contribution >= 0.6 is 34.8 Å². The molecule has 4 aliphatic rings. The van der Waals surface area contributed by atoms with Gasteiger partial charge in [-0.05, 0) is 46.0 Å². The largest absolute Gasteiger partial charge is 0.324 e. The van der Waals surface area contributed by atoms with Crippen LogP contribution in [0, 0.1) is 11.8 Å². The van der Waals surface area contributed by atoms with E-state index in [0.717, 1.165) is 10.5 Å². The zero-order valence-corrected chi connectivity index (χ0v) is 23.8. The summed E-state index contributed by atoms with van der Waals surface area (Å²) in [5, 5.41) is 3.30. The van der Waals surface area contributed by atoms with Gasteiger partial charge in [0.1, 0.15) is 15.8 Å². The monoisotopic (exact) mass is 600 g/mol. The number of rotatable bonds is 5. The number of imide groups is 1. The molecule has 3 aliphatic carbocycles. The summed E-state index contributed by atoms with van der Waals surface area (Å²) in [5.41, 5.74) is 4.10. The number of nitrogens with one attached hydrogen (secondary N) is 1. The Bertz CT molecular complexity index is 1620. The summed E-state index contributed by atoms with van der Waals surface area (Å²) in [6.45, 7) is 0. The average molecular weight is 602 g/mol. The number of benzene rings is 4. The van der Waals surface area contributed by atoms with Crippen molar-refractivity contribution in [2.24, 2.45) is 11.8 Å². The third-order valence-electron chi connectivity index (χ3n) is 8.60. The quantitative estimate of drug-likeness (QED) is 0.210. The molecule has 5 nitrogen and oxygen atoms in total. The van der Waals surface area contributed by atoms with Gasteiger partial charge in [0.15, 0.2) is 0 Å². The normalized spacial score (nSPS) is 26.3. The summed E-state index contributed by atoms with van der Waals surface area (Å²) >= 11 is 21.3. The highest BCUT2D eigenvalue weighted by atomic mass is 35.5. The molecular formula is C33H23Cl3N2O3. The van der Waals surface area contributed by atoms with E-state index in [0.29, 0.717) is 33.0 Å². The van der Waals surface area contributed by atoms with Crippen LogP contribution < -0.4 is 5.32 Å². The Morgan fingerprint density at radius 3 is 1.71 bits per heavy atom. The zero-order valence-electron chi connectivity index (χ0n) is 21.6. The van der Waals surface area contributed by atoms with E-state index in [2.05, 4.69) is 5.32 Å². The van der Waals surface area contributed by atoms with Gasteiger partial charge in [0.05, 0.1) is 11.8 Å². The van der Waals surface area contributed by atoms with E-state index in [4.69, 9.17) is 34.8 Å². The lowest BCUT2D eigenvalue weighted by molar-refractivity contribution is -0.146. The maximum Gasteiger partial charge on any atom is 0.248 e. The van der Waals surface area contributed by atoms with E-state index < -0.39 is 45.3 Å². The molecule has 3 atom stereocenters. The molecule has 1 saturated heterocycles. The molecule has 1 N–H and O–H groups in total. The van der Waals surface area contributed by atoms with E-state index in [1.807, 2.05) is 78.9 Å². The minimum Gasteiger partial charge on any atom is -0.324 e. The van der Waals surface area contributed by atoms with E-state index in [1.54, 1.807) is 24.3 Å². The maximum atomic E-state index is 14.5. The van der Waals surface area contributed by atoms with Crippen molar-refractivity contribution in [3.8, 4) is 0 Å². The number of likely N-dealkylation sites (tertiary alicyclic amines) is 1. The molecule has 0 unspecified atom stereocenters. The molecule has 2 bridgehead atoms. The van der Waals surface area contributed by atoms with Crippen LogP contribution in [0.5, 0.6) is 0 Å². The maximum absolute atomic E-state index is 14.5. The van der Waals surface area contributed by atoms with Gasteiger partial charge in [-0.25, -0.2) is 0 Å². The van der Waals surface area contributed by atoms with E-state index in [9.17, 15) is 14.4 Å². The first-order valence-corrected chi connectivity index (χ1v) is 14.4. The van der Waals surface area contributed by atoms with Gasteiger partial charge in [0, 0.05) is 17.1 Å². The highest BCUT2D eigenvalue weighted by molar-refractivity contribution is 6.36. The van der Waals surface area contributed by atoms with Crippen molar-refractivity contribution in [1.29, 1.82) is 0 Å². The van der Waals surface area contributed by atoms with Crippen molar-refractivity contribution in [3.05, 3.63) is 136 Å². The minimum atomic E-state index is -1.32. The highest BCUT2D eigenvalue weighted by Gasteiger charge is 2.73. The number of nitrogens with zero attached hydrogens (tertiary/aromatic N) is 1. The molecule has 1 fully saturated rings. The lowest BCUT2D eigenvalue weighted by atomic mass is 9.54. The standard InChI is InChI=1S/C33H23Cl3N2O3/c34-20-11-8-12-21(18-20)37-29(39)26(17-19-9-2-1-3-10-19)38-30(40)27-28(31(38)41)33(36)23-14-5-4-13-22(23)32(27,35)24-15-6-7-16-25(24)33/h1-16,18,26-28H,17H2,(H,37,39)/t26-,27+,28+,32?,33?/m0/s1. The molecule has 8 rings (SSSR count). The summed E-state index contributed by atoms with van der Waals surface area (Å²) in [6, 6.07) is 29.8. The van der Waals surface area contributed by atoms with Gasteiger partial charge in [0.25, 0.3) is 0 Å². The Balaban J connectivity index is 1.37. The molecule has 4 aromatic carbocycles. The van der Waals surface area contributed by atoms with Gasteiger partial charge in [-0.2, -0.15) is 0 Å². The third kappa shape index (κ3) is 3.66. The smallest absolute Gasteiger partial charge is 0.248 e. The van der Waals surface area contributed by atoms with Crippen molar-refractivity contribution in [3.63, 3.8) is 0 Å². The van der Waals surface area contributed by atoms with Crippen molar-refractivity contribution >= 4 is 58.2 Å². The summed E-state index contributed by atoms with van der Waals surface area (Å²) < 4.78 is 0. The second-order valence-electron chi connectivity index (χ2n) is 10.7. The molecule has 1 heterocycles. The zero-order chi connectivity index (χ0) is 28.5. The molecule has 41 heavy (non-hydrogen) atoms. The van der Waals surface area contributed by atoms with Crippen molar-refractivity contribution in [2.75, 3.05) is 5.32 Å². The number of carbonyl (C=O) groups excluding carboxylic acids is 3. The SMILES string of the molecule is O=C(Nc1cccc(Cl)c1)[C@H](Cc1ccccc1)N1C(=O)[C@H]2[C@H](C1=O)C1(Cl)c3ccccc3C2(Cl)c2ccccc21. The summed E-state index contributed by atoms with van der Waals surface area (Å²) in [5.74, 6) is -3.50. The van der Waals surface area contributed by atoms with Crippen LogP contribution in [0.2, 0.25) is 5.02 Å². The fourth-order valence-electron chi connectivity index (χ4n) is 6.93. The van der Waals surface area contributed by atoms with Gasteiger partial charge in [-0.15, -0.1) is 23.2 Å². The minimum absolute atomic E-state index is 0.120. The van der Waals surface area contributed by atoms with E-state index >= 15 is 0 Å². The van der Waals surface area contributed by atoms with Crippen LogP contribution in [-0.4, -0.2) is 28.7 Å². The van der Waals surface area contributed by atoms with E-state index in [1.165, 1.54) is 0 Å². The number of hydrogen-bond acceptors (Lipinski definition) is 3. The van der Waals surface area contributed by atoms with Crippen LogP contribution in [0.15, 0.2) is 103 Å². The number of halogens is 3. The molecular weight excluding hydrogens is 579 g/mol. The van der Waals surface area contributed by atoms with Crippen LogP contribution in [0.3, 0.4) is 0 Å². The average Bonchev–Trinajstić information content (AvgIpc) is 3.26. The van der Waals surface area contributed by atoms with Crippen molar-refractivity contribution < 1.29 is 14.4 Å². The first-order valence-electron chi connectivity index (χ1n) is 13.3.